The molecule has 1 aromatic heterocycles. The van der Waals surface area contributed by atoms with Crippen molar-refractivity contribution in [3.63, 3.8) is 0 Å². The van der Waals surface area contributed by atoms with E-state index in [2.05, 4.69) is 15.2 Å². The molecule has 0 saturated heterocycles. The maximum absolute atomic E-state index is 13.5. The first-order chi connectivity index (χ1) is 15.0. The van der Waals surface area contributed by atoms with Gasteiger partial charge in [-0.25, -0.2) is 10.1 Å². The zero-order valence-corrected chi connectivity index (χ0v) is 17.4. The standard InChI is InChI=1S/C19H16ClF3N6O3/c1-28(2)14-6-12(26-27-17(14)30)8-29-9-25-16(19(21,22)23)15(18(29)31)32-13-4-10(7-24)3-11(20)5-13/h3-6,9,18,31H,8H2,1-2H3,(H,27,30). The van der Waals surface area contributed by atoms with E-state index in [4.69, 9.17) is 21.6 Å². The Morgan fingerprint density at radius 2 is 2.06 bits per heavy atom. The zero-order valence-electron chi connectivity index (χ0n) is 16.7. The van der Waals surface area contributed by atoms with Gasteiger partial charge in [0.2, 0.25) is 0 Å². The van der Waals surface area contributed by atoms with E-state index in [9.17, 15) is 23.1 Å². The van der Waals surface area contributed by atoms with E-state index in [-0.39, 0.29) is 34.3 Å². The van der Waals surface area contributed by atoms with Crippen LogP contribution in [0, 0.1) is 11.3 Å². The summed E-state index contributed by atoms with van der Waals surface area (Å²) in [4.78, 5) is 17.8. The molecule has 0 radical (unpaired) electrons. The molecule has 0 spiro atoms. The Morgan fingerprint density at radius 3 is 2.69 bits per heavy atom. The largest absolute Gasteiger partial charge is 0.455 e. The summed E-state index contributed by atoms with van der Waals surface area (Å²) in [5.74, 6) is -1.08. The van der Waals surface area contributed by atoms with Crippen molar-refractivity contribution in [1.82, 2.24) is 15.1 Å². The molecule has 2 aromatic rings. The van der Waals surface area contributed by atoms with Gasteiger partial charge >= 0.3 is 6.18 Å². The molecule has 1 aliphatic rings. The first-order valence-corrected chi connectivity index (χ1v) is 9.31. The van der Waals surface area contributed by atoms with Gasteiger partial charge in [0.05, 0.1) is 30.2 Å². The van der Waals surface area contributed by atoms with Crippen LogP contribution in [0.1, 0.15) is 11.3 Å². The maximum atomic E-state index is 13.5. The lowest BCUT2D eigenvalue weighted by Crippen LogP contribution is -2.41. The number of aliphatic hydroxyl groups excluding tert-OH is 1. The Bertz CT molecular complexity index is 1190. The summed E-state index contributed by atoms with van der Waals surface area (Å²) >= 11 is 5.89. The third-order valence-electron chi connectivity index (χ3n) is 4.28. The molecule has 0 aliphatic carbocycles. The number of aliphatic imine (C=N–C) groups is 1. The highest BCUT2D eigenvalue weighted by Crippen LogP contribution is 2.35. The molecule has 0 bridgehead atoms. The van der Waals surface area contributed by atoms with E-state index in [0.29, 0.717) is 0 Å². The van der Waals surface area contributed by atoms with Crippen molar-refractivity contribution >= 4 is 23.6 Å². The van der Waals surface area contributed by atoms with E-state index in [0.717, 1.165) is 11.2 Å². The second kappa shape index (κ2) is 8.89. The number of rotatable bonds is 5. The zero-order chi connectivity index (χ0) is 23.6. The van der Waals surface area contributed by atoms with Crippen LogP contribution in [0.4, 0.5) is 18.9 Å². The van der Waals surface area contributed by atoms with Gasteiger partial charge in [-0.15, -0.1) is 0 Å². The molecule has 0 amide bonds. The number of halogens is 4. The predicted octanol–water partition coefficient (Wildman–Crippen LogP) is 2.38. The highest BCUT2D eigenvalue weighted by Gasteiger charge is 2.43. The number of anilines is 1. The van der Waals surface area contributed by atoms with E-state index in [1.165, 1.54) is 29.2 Å². The molecule has 2 N–H and O–H groups in total. The van der Waals surface area contributed by atoms with Crippen LogP contribution in [0.5, 0.6) is 5.75 Å². The average Bonchev–Trinajstić information content (AvgIpc) is 2.70. The minimum absolute atomic E-state index is 0.0565. The Hall–Kier alpha value is -3.56. The molecule has 0 saturated carbocycles. The number of H-pyrrole nitrogens is 1. The first kappa shape index (κ1) is 23.1. The summed E-state index contributed by atoms with van der Waals surface area (Å²) in [7, 11) is 3.27. The number of allylic oxidation sites excluding steroid dienone is 1. The Morgan fingerprint density at radius 1 is 1.34 bits per heavy atom. The van der Waals surface area contributed by atoms with Gasteiger partial charge in [-0.05, 0) is 24.3 Å². The minimum Gasteiger partial charge on any atom is -0.455 e. The van der Waals surface area contributed by atoms with Gasteiger partial charge in [-0.3, -0.25) is 4.79 Å². The summed E-state index contributed by atoms with van der Waals surface area (Å²) in [6, 6.07) is 6.92. The number of nitrogens with one attached hydrogen (secondary N) is 1. The van der Waals surface area contributed by atoms with E-state index < -0.39 is 29.4 Å². The summed E-state index contributed by atoms with van der Waals surface area (Å²) in [5.41, 5.74) is -1.32. The molecule has 2 heterocycles. The van der Waals surface area contributed by atoms with Crippen molar-refractivity contribution in [2.75, 3.05) is 19.0 Å². The van der Waals surface area contributed by atoms with Gasteiger partial charge in [-0.1, -0.05) is 11.6 Å². The summed E-state index contributed by atoms with van der Waals surface area (Å²) < 4.78 is 45.9. The highest BCUT2D eigenvalue weighted by molar-refractivity contribution is 6.30. The fraction of sp³-hybridized carbons (Fsp3) is 0.263. The van der Waals surface area contributed by atoms with Crippen LogP contribution in [0.3, 0.4) is 0 Å². The highest BCUT2D eigenvalue weighted by atomic mass is 35.5. The summed E-state index contributed by atoms with van der Waals surface area (Å²) in [6.07, 6.45) is -6.02. The Labute approximate surface area is 184 Å². The monoisotopic (exact) mass is 468 g/mol. The Balaban J connectivity index is 1.95. The lowest BCUT2D eigenvalue weighted by Gasteiger charge is -2.31. The number of hydrogen-bond acceptors (Lipinski definition) is 8. The van der Waals surface area contributed by atoms with Crippen LogP contribution in [0.2, 0.25) is 5.02 Å². The fourth-order valence-electron chi connectivity index (χ4n) is 2.82. The van der Waals surface area contributed by atoms with Crippen molar-refractivity contribution in [1.29, 1.82) is 5.26 Å². The second-order valence-corrected chi connectivity index (χ2v) is 7.30. The number of nitrogens with zero attached hydrogens (tertiary/aromatic N) is 5. The molecule has 1 aromatic carbocycles. The van der Waals surface area contributed by atoms with Gasteiger partial charge in [-0.2, -0.15) is 23.5 Å². The van der Waals surface area contributed by atoms with Gasteiger partial charge in [0.1, 0.15) is 11.4 Å². The predicted molar refractivity (Wildman–Crippen MR) is 109 cm³/mol. The maximum Gasteiger partial charge on any atom is 0.436 e. The number of ether oxygens (including phenoxy) is 1. The molecule has 0 fully saturated rings. The van der Waals surface area contributed by atoms with Gasteiger partial charge < -0.3 is 19.6 Å². The molecule has 9 nitrogen and oxygen atoms in total. The van der Waals surface area contributed by atoms with Gasteiger partial charge in [0, 0.05) is 19.1 Å². The summed E-state index contributed by atoms with van der Waals surface area (Å²) in [6.45, 7) is -0.195. The quantitative estimate of drug-likeness (QED) is 0.691. The number of benzene rings is 1. The van der Waals surface area contributed by atoms with Crippen molar-refractivity contribution < 1.29 is 23.0 Å². The number of aromatic nitrogens is 2. The average molecular weight is 469 g/mol. The second-order valence-electron chi connectivity index (χ2n) is 6.86. The lowest BCUT2D eigenvalue weighted by atomic mass is 10.2. The van der Waals surface area contributed by atoms with Crippen molar-refractivity contribution in [2.45, 2.75) is 18.9 Å². The molecule has 3 rings (SSSR count). The normalized spacial score (nSPS) is 16.2. The number of aromatic amines is 1. The smallest absolute Gasteiger partial charge is 0.436 e. The number of alkyl halides is 3. The third-order valence-corrected chi connectivity index (χ3v) is 4.50. The van der Waals surface area contributed by atoms with Crippen LogP contribution < -0.4 is 15.2 Å². The molecule has 1 aliphatic heterocycles. The molecular formula is C19H16ClF3N6O3. The van der Waals surface area contributed by atoms with Crippen molar-refractivity contribution in [3.05, 3.63) is 62.4 Å². The van der Waals surface area contributed by atoms with Crippen molar-refractivity contribution in [3.8, 4) is 11.8 Å². The molecule has 32 heavy (non-hydrogen) atoms. The Kier molecular flexibility index (Phi) is 6.42. The van der Waals surface area contributed by atoms with Crippen LogP contribution in [0.15, 0.2) is 45.5 Å². The first-order valence-electron chi connectivity index (χ1n) is 8.93. The number of aliphatic hydroxyl groups is 1. The molecular weight excluding hydrogens is 453 g/mol. The van der Waals surface area contributed by atoms with Gasteiger partial charge in [0.15, 0.2) is 17.7 Å². The molecule has 1 atom stereocenters. The van der Waals surface area contributed by atoms with Crippen molar-refractivity contribution in [2.24, 2.45) is 4.99 Å². The van der Waals surface area contributed by atoms with Crippen LogP contribution in [-0.4, -0.2) is 53.0 Å². The minimum atomic E-state index is -4.93. The molecule has 1 unspecified atom stereocenters. The molecule has 168 valence electrons. The topological polar surface area (TPSA) is 118 Å². The number of nitriles is 1. The van der Waals surface area contributed by atoms with E-state index >= 15 is 0 Å². The SMILES string of the molecule is CN(C)c1cc(CN2C=NC(C(F)(F)F)=C(Oc3cc(Cl)cc(C#N)c3)C2O)n[nH]c1=O. The van der Waals surface area contributed by atoms with Crippen LogP contribution >= 0.6 is 11.6 Å². The third kappa shape index (κ3) is 5.01. The van der Waals surface area contributed by atoms with Crippen LogP contribution in [-0.2, 0) is 6.54 Å². The molecule has 13 heteroatoms. The lowest BCUT2D eigenvalue weighted by molar-refractivity contribution is -0.0997. The van der Waals surface area contributed by atoms with E-state index in [1.54, 1.807) is 14.1 Å². The number of hydrogen-bond donors (Lipinski definition) is 2. The van der Waals surface area contributed by atoms with Crippen LogP contribution in [0.25, 0.3) is 0 Å². The van der Waals surface area contributed by atoms with Gasteiger partial charge in [0.25, 0.3) is 5.56 Å². The van der Waals surface area contributed by atoms with E-state index in [1.807, 2.05) is 6.07 Å². The summed E-state index contributed by atoms with van der Waals surface area (Å²) in [5, 5.41) is 25.9. The fourth-order valence-corrected chi connectivity index (χ4v) is 3.05.